The molecular formula is C18H21F6N3O4. The van der Waals surface area contributed by atoms with E-state index >= 15 is 0 Å². The van der Waals surface area contributed by atoms with Gasteiger partial charge in [-0.05, 0) is 11.6 Å². The molecule has 1 saturated heterocycles. The fourth-order valence-corrected chi connectivity index (χ4v) is 2.96. The third-order valence-electron chi connectivity index (χ3n) is 4.51. The number of halogens is 6. The number of ether oxygens (including phenoxy) is 1. The zero-order valence-electron chi connectivity index (χ0n) is 16.2. The van der Waals surface area contributed by atoms with Gasteiger partial charge in [-0.3, -0.25) is 9.69 Å². The number of benzene rings is 1. The molecule has 0 bridgehead atoms. The minimum atomic E-state index is -5.76. The van der Waals surface area contributed by atoms with Crippen LogP contribution in [0.4, 0.5) is 36.8 Å². The lowest BCUT2D eigenvalue weighted by Crippen LogP contribution is -2.52. The second-order valence-electron chi connectivity index (χ2n) is 6.84. The molecule has 0 unspecified atom stereocenters. The predicted octanol–water partition coefficient (Wildman–Crippen LogP) is 3.32. The van der Waals surface area contributed by atoms with Crippen LogP contribution in [-0.4, -0.2) is 78.1 Å². The summed E-state index contributed by atoms with van der Waals surface area (Å²) in [5, 5.41) is 11.7. The van der Waals surface area contributed by atoms with E-state index in [9.17, 15) is 35.9 Å². The van der Waals surface area contributed by atoms with Gasteiger partial charge in [-0.15, -0.1) is 0 Å². The highest BCUT2D eigenvalue weighted by Gasteiger charge is 2.60. The Hall–Kier alpha value is -2.70. The van der Waals surface area contributed by atoms with Gasteiger partial charge in [-0.1, -0.05) is 18.2 Å². The van der Waals surface area contributed by atoms with Crippen LogP contribution in [0.5, 0.6) is 0 Å². The first kappa shape index (κ1) is 24.6. The number of aliphatic carboxylic acids is 1. The standard InChI is InChI=1S/C18H21F6N3O4/c19-17(20,21)15(18(22,23)24)31-16(30)27-9-7-26(8-10-27)11-12-3-1-2-4-13(12)25-6-5-14(28)29/h1-4,15,25H,5-11H2,(H,28,29). The number of hydrogen-bond donors (Lipinski definition) is 2. The Labute approximate surface area is 173 Å². The molecule has 0 atom stereocenters. The Bertz CT molecular complexity index is 749. The molecule has 1 fully saturated rings. The number of hydrogen-bond acceptors (Lipinski definition) is 5. The van der Waals surface area contributed by atoms with E-state index in [1.807, 2.05) is 4.90 Å². The number of amides is 1. The SMILES string of the molecule is O=C(O)CCNc1ccccc1CN1CCN(C(=O)OC(C(F)(F)F)C(F)(F)F)CC1. The van der Waals surface area contributed by atoms with Crippen molar-refractivity contribution in [2.45, 2.75) is 31.4 Å². The van der Waals surface area contributed by atoms with Crippen molar-refractivity contribution in [1.29, 1.82) is 0 Å². The van der Waals surface area contributed by atoms with Crippen LogP contribution in [0, 0.1) is 0 Å². The molecule has 1 aliphatic rings. The van der Waals surface area contributed by atoms with Crippen LogP contribution in [-0.2, 0) is 16.1 Å². The molecule has 13 heteroatoms. The highest BCUT2D eigenvalue weighted by Crippen LogP contribution is 2.36. The summed E-state index contributed by atoms with van der Waals surface area (Å²) in [4.78, 5) is 25.1. The largest absolute Gasteiger partial charge is 0.481 e. The number of para-hydroxylation sites is 1. The van der Waals surface area contributed by atoms with Gasteiger partial charge in [-0.25, -0.2) is 4.79 Å². The monoisotopic (exact) mass is 457 g/mol. The Morgan fingerprint density at radius 1 is 1.03 bits per heavy atom. The Kier molecular flexibility index (Phi) is 7.98. The van der Waals surface area contributed by atoms with Crippen LogP contribution >= 0.6 is 0 Å². The maximum Gasteiger partial charge on any atom is 0.434 e. The summed E-state index contributed by atoms with van der Waals surface area (Å²) in [5.41, 5.74) is 1.54. The third-order valence-corrected chi connectivity index (χ3v) is 4.51. The van der Waals surface area contributed by atoms with E-state index in [0.717, 1.165) is 10.5 Å². The highest BCUT2D eigenvalue weighted by molar-refractivity contribution is 5.68. The number of carbonyl (C=O) groups is 2. The topological polar surface area (TPSA) is 82.1 Å². The van der Waals surface area contributed by atoms with Gasteiger partial charge in [0.1, 0.15) is 0 Å². The van der Waals surface area contributed by atoms with E-state index in [4.69, 9.17) is 5.11 Å². The third kappa shape index (κ3) is 7.49. The van der Waals surface area contributed by atoms with E-state index in [0.29, 0.717) is 12.2 Å². The normalized spacial score (nSPS) is 15.8. The first-order valence-corrected chi connectivity index (χ1v) is 9.23. The Morgan fingerprint density at radius 2 is 1.61 bits per heavy atom. The average Bonchev–Trinajstić information content (AvgIpc) is 2.66. The number of rotatable bonds is 7. The minimum Gasteiger partial charge on any atom is -0.481 e. The molecule has 0 saturated carbocycles. The molecule has 7 nitrogen and oxygen atoms in total. The van der Waals surface area contributed by atoms with Crippen molar-refractivity contribution < 1.29 is 45.8 Å². The van der Waals surface area contributed by atoms with Gasteiger partial charge in [0, 0.05) is 45.0 Å². The summed E-state index contributed by atoms with van der Waals surface area (Å²) < 4.78 is 79.1. The molecule has 174 valence electrons. The quantitative estimate of drug-likeness (QED) is 0.612. The number of piperazine rings is 1. The fraction of sp³-hybridized carbons (Fsp3) is 0.556. The highest BCUT2D eigenvalue weighted by atomic mass is 19.4. The predicted molar refractivity (Wildman–Crippen MR) is 96.4 cm³/mol. The van der Waals surface area contributed by atoms with E-state index in [-0.39, 0.29) is 39.1 Å². The number of carboxylic acid groups (broad SMARTS) is 1. The molecule has 1 aromatic rings. The molecule has 1 aliphatic heterocycles. The molecule has 2 N–H and O–H groups in total. The number of alkyl halides is 6. The molecular weight excluding hydrogens is 436 g/mol. The fourth-order valence-electron chi connectivity index (χ4n) is 2.96. The molecule has 0 radical (unpaired) electrons. The molecule has 0 spiro atoms. The van der Waals surface area contributed by atoms with Crippen molar-refractivity contribution in [3.8, 4) is 0 Å². The molecule has 31 heavy (non-hydrogen) atoms. The molecule has 1 amide bonds. The molecule has 0 aliphatic carbocycles. The summed E-state index contributed by atoms with van der Waals surface area (Å²) >= 11 is 0. The van der Waals surface area contributed by atoms with Crippen LogP contribution in [0.15, 0.2) is 24.3 Å². The van der Waals surface area contributed by atoms with Crippen LogP contribution in [0.3, 0.4) is 0 Å². The van der Waals surface area contributed by atoms with Gasteiger partial charge in [0.05, 0.1) is 6.42 Å². The lowest BCUT2D eigenvalue weighted by atomic mass is 10.1. The zero-order valence-corrected chi connectivity index (χ0v) is 16.2. The number of nitrogens with one attached hydrogen (secondary N) is 1. The Balaban J connectivity index is 1.90. The smallest absolute Gasteiger partial charge is 0.434 e. The first-order valence-electron chi connectivity index (χ1n) is 9.23. The van der Waals surface area contributed by atoms with Gasteiger partial charge >= 0.3 is 24.4 Å². The summed E-state index contributed by atoms with van der Waals surface area (Å²) in [6, 6.07) is 7.11. The number of nitrogens with zero attached hydrogens (tertiary/aromatic N) is 2. The lowest BCUT2D eigenvalue weighted by molar-refractivity contribution is -0.308. The Morgan fingerprint density at radius 3 is 2.16 bits per heavy atom. The van der Waals surface area contributed by atoms with E-state index in [2.05, 4.69) is 10.1 Å². The molecule has 0 aromatic heterocycles. The van der Waals surface area contributed by atoms with E-state index in [1.54, 1.807) is 24.3 Å². The first-order chi connectivity index (χ1) is 14.4. The summed E-state index contributed by atoms with van der Waals surface area (Å²) in [6.45, 7) is 0.826. The maximum absolute atomic E-state index is 12.6. The second kappa shape index (κ2) is 10.1. The second-order valence-corrected chi connectivity index (χ2v) is 6.84. The minimum absolute atomic E-state index is 0.0774. The van der Waals surface area contributed by atoms with Crippen LogP contribution in [0.1, 0.15) is 12.0 Å². The number of carboxylic acids is 1. The summed E-state index contributed by atoms with van der Waals surface area (Å²) in [6.07, 6.45) is -17.4. The van der Waals surface area contributed by atoms with Crippen LogP contribution in [0.2, 0.25) is 0 Å². The van der Waals surface area contributed by atoms with Crippen molar-refractivity contribution in [2.75, 3.05) is 38.0 Å². The van der Waals surface area contributed by atoms with Crippen LogP contribution in [0.25, 0.3) is 0 Å². The molecule has 1 aromatic carbocycles. The van der Waals surface area contributed by atoms with Gasteiger partial charge in [0.15, 0.2) is 0 Å². The van der Waals surface area contributed by atoms with Gasteiger partial charge < -0.3 is 20.1 Å². The summed E-state index contributed by atoms with van der Waals surface area (Å²) in [7, 11) is 0. The van der Waals surface area contributed by atoms with Gasteiger partial charge in [0.2, 0.25) is 0 Å². The van der Waals surface area contributed by atoms with Crippen molar-refractivity contribution in [1.82, 2.24) is 9.80 Å². The van der Waals surface area contributed by atoms with Gasteiger partial charge in [0.25, 0.3) is 6.10 Å². The zero-order chi connectivity index (χ0) is 23.2. The maximum atomic E-state index is 12.6. The lowest BCUT2D eigenvalue weighted by Gasteiger charge is -2.35. The molecule has 1 heterocycles. The summed E-state index contributed by atoms with van der Waals surface area (Å²) in [5.74, 6) is -0.953. The van der Waals surface area contributed by atoms with Crippen molar-refractivity contribution in [3.63, 3.8) is 0 Å². The van der Waals surface area contributed by atoms with Gasteiger partial charge in [-0.2, -0.15) is 26.3 Å². The van der Waals surface area contributed by atoms with Crippen molar-refractivity contribution >= 4 is 17.7 Å². The van der Waals surface area contributed by atoms with Crippen molar-refractivity contribution in [2.24, 2.45) is 0 Å². The van der Waals surface area contributed by atoms with E-state index in [1.165, 1.54) is 0 Å². The molecule has 2 rings (SSSR count). The van der Waals surface area contributed by atoms with Crippen molar-refractivity contribution in [3.05, 3.63) is 29.8 Å². The number of carbonyl (C=O) groups excluding carboxylic acids is 1. The number of anilines is 1. The average molecular weight is 457 g/mol. The van der Waals surface area contributed by atoms with E-state index < -0.39 is 30.5 Å². The van der Waals surface area contributed by atoms with Crippen LogP contribution < -0.4 is 5.32 Å².